The first-order chi connectivity index (χ1) is 11.6. The number of aliphatic imine (C=N–C) groups is 1. The number of benzene rings is 1. The molecule has 5 heteroatoms. The van der Waals surface area contributed by atoms with Crippen LogP contribution in [0.15, 0.2) is 53.7 Å². The summed E-state index contributed by atoms with van der Waals surface area (Å²) in [6.07, 6.45) is 2.07. The van der Waals surface area contributed by atoms with Crippen molar-refractivity contribution in [2.24, 2.45) is 12.0 Å². The Balaban J connectivity index is 1.93. The summed E-state index contributed by atoms with van der Waals surface area (Å²) in [5.41, 5.74) is 2.49. The predicted octanol–water partition coefficient (Wildman–Crippen LogP) is 2.56. The van der Waals surface area contributed by atoms with E-state index in [1.54, 1.807) is 0 Å². The Morgan fingerprint density at radius 2 is 1.88 bits per heavy atom. The lowest BCUT2D eigenvalue weighted by molar-refractivity contribution is 0.462. The van der Waals surface area contributed by atoms with Crippen LogP contribution in [0.1, 0.15) is 12.6 Å². The van der Waals surface area contributed by atoms with Crippen molar-refractivity contribution < 1.29 is 0 Å². The van der Waals surface area contributed by atoms with Crippen molar-refractivity contribution in [1.29, 1.82) is 0 Å². The Morgan fingerprint density at radius 1 is 1.12 bits per heavy atom. The lowest BCUT2D eigenvalue weighted by Crippen LogP contribution is -2.39. The van der Waals surface area contributed by atoms with E-state index in [-0.39, 0.29) is 0 Å². The molecule has 0 aliphatic heterocycles. The molecule has 0 spiro atoms. The van der Waals surface area contributed by atoms with Crippen LogP contribution >= 0.6 is 0 Å². The molecule has 0 atom stereocenters. The zero-order chi connectivity index (χ0) is 17.4. The highest BCUT2D eigenvalue weighted by Gasteiger charge is 2.08. The molecule has 1 N–H and O–H groups in total. The second kappa shape index (κ2) is 9.01. The first-order valence-corrected chi connectivity index (χ1v) is 8.47. The third-order valence-corrected chi connectivity index (χ3v) is 4.04. The number of aromatic nitrogens is 1. The van der Waals surface area contributed by atoms with Gasteiger partial charge >= 0.3 is 0 Å². The predicted molar refractivity (Wildman–Crippen MR) is 103 cm³/mol. The minimum atomic E-state index is 0.755. The maximum atomic E-state index is 4.77. The average molecular weight is 327 g/mol. The molecule has 1 aromatic carbocycles. The summed E-state index contributed by atoms with van der Waals surface area (Å²) in [5, 5.41) is 3.38. The summed E-state index contributed by atoms with van der Waals surface area (Å²) in [4.78, 5) is 9.16. The molecule has 0 saturated heterocycles. The highest BCUT2D eigenvalue weighted by Crippen LogP contribution is 2.10. The van der Waals surface area contributed by atoms with Crippen molar-refractivity contribution in [1.82, 2.24) is 14.8 Å². The van der Waals surface area contributed by atoms with Crippen molar-refractivity contribution in [3.8, 4) is 0 Å². The molecule has 0 radical (unpaired) electrons. The molecule has 0 unspecified atom stereocenters. The van der Waals surface area contributed by atoms with Gasteiger partial charge in [-0.05, 0) is 31.2 Å². The maximum absolute atomic E-state index is 4.77. The Kier molecular flexibility index (Phi) is 6.73. The molecule has 2 aromatic rings. The van der Waals surface area contributed by atoms with E-state index in [1.165, 1.54) is 11.4 Å². The first kappa shape index (κ1) is 17.9. The smallest absolute Gasteiger partial charge is 0.194 e. The van der Waals surface area contributed by atoms with Crippen molar-refractivity contribution in [3.63, 3.8) is 0 Å². The van der Waals surface area contributed by atoms with E-state index in [0.717, 1.165) is 32.1 Å². The number of likely N-dealkylation sites (N-methyl/N-ethyl adjacent to an activating group) is 1. The van der Waals surface area contributed by atoms with E-state index in [9.17, 15) is 0 Å². The number of para-hydroxylation sites is 1. The topological polar surface area (TPSA) is 35.8 Å². The van der Waals surface area contributed by atoms with Gasteiger partial charge in [-0.15, -0.1) is 0 Å². The standard InChI is InChI=1S/C19H29N5/c1-5-20-19(24(4)16-18-12-9-14-22(18)2)21-13-15-23(3)17-10-7-6-8-11-17/h6-12,14H,5,13,15-16H2,1-4H3,(H,20,21). The molecular formula is C19H29N5. The summed E-state index contributed by atoms with van der Waals surface area (Å²) in [7, 11) is 6.25. The number of hydrogen-bond donors (Lipinski definition) is 1. The molecule has 0 aliphatic rings. The van der Waals surface area contributed by atoms with Gasteiger partial charge in [0.15, 0.2) is 5.96 Å². The zero-order valence-electron chi connectivity index (χ0n) is 15.2. The molecule has 5 nitrogen and oxygen atoms in total. The van der Waals surface area contributed by atoms with Crippen molar-refractivity contribution >= 4 is 11.6 Å². The van der Waals surface area contributed by atoms with Gasteiger partial charge in [0.2, 0.25) is 0 Å². The molecular weight excluding hydrogens is 298 g/mol. The van der Waals surface area contributed by atoms with E-state index in [0.29, 0.717) is 0 Å². The van der Waals surface area contributed by atoms with Crippen LogP contribution < -0.4 is 10.2 Å². The Bertz CT molecular complexity index is 632. The summed E-state index contributed by atoms with van der Waals surface area (Å²) < 4.78 is 2.14. The Labute approximate surface area is 145 Å². The summed E-state index contributed by atoms with van der Waals surface area (Å²) in [6, 6.07) is 14.6. The van der Waals surface area contributed by atoms with Crippen LogP contribution in [0.3, 0.4) is 0 Å². The van der Waals surface area contributed by atoms with Gasteiger partial charge < -0.3 is 19.7 Å². The van der Waals surface area contributed by atoms with Gasteiger partial charge in [-0.3, -0.25) is 4.99 Å². The highest BCUT2D eigenvalue weighted by molar-refractivity contribution is 5.79. The SMILES string of the molecule is CCNC(=NCCN(C)c1ccccc1)N(C)Cc1cccn1C. The number of hydrogen-bond acceptors (Lipinski definition) is 2. The Morgan fingerprint density at radius 3 is 2.50 bits per heavy atom. The van der Waals surface area contributed by atoms with Gasteiger partial charge in [-0.2, -0.15) is 0 Å². The third-order valence-electron chi connectivity index (χ3n) is 4.04. The molecule has 0 saturated carbocycles. The molecule has 0 bridgehead atoms. The minimum absolute atomic E-state index is 0.755. The quantitative estimate of drug-likeness (QED) is 0.627. The van der Waals surface area contributed by atoms with Crippen LogP contribution in [0.5, 0.6) is 0 Å². The molecule has 0 aliphatic carbocycles. The van der Waals surface area contributed by atoms with Gasteiger partial charge in [0.05, 0.1) is 13.1 Å². The number of guanidine groups is 1. The summed E-state index contributed by atoms with van der Waals surface area (Å²) in [6.45, 7) is 5.44. The monoisotopic (exact) mass is 327 g/mol. The van der Waals surface area contributed by atoms with Crippen LogP contribution in [0.25, 0.3) is 0 Å². The summed E-state index contributed by atoms with van der Waals surface area (Å²) >= 11 is 0. The van der Waals surface area contributed by atoms with E-state index < -0.39 is 0 Å². The van der Waals surface area contributed by atoms with Gasteiger partial charge in [0, 0.05) is 51.8 Å². The maximum Gasteiger partial charge on any atom is 0.194 e. The molecule has 1 heterocycles. The number of nitrogens with zero attached hydrogens (tertiary/aromatic N) is 4. The lowest BCUT2D eigenvalue weighted by Gasteiger charge is -2.23. The second-order valence-electron chi connectivity index (χ2n) is 5.96. The molecule has 24 heavy (non-hydrogen) atoms. The van der Waals surface area contributed by atoms with Crippen LogP contribution in [-0.4, -0.2) is 49.2 Å². The van der Waals surface area contributed by atoms with Crippen molar-refractivity contribution in [2.45, 2.75) is 13.5 Å². The number of aryl methyl sites for hydroxylation is 1. The second-order valence-corrected chi connectivity index (χ2v) is 5.96. The van der Waals surface area contributed by atoms with Crippen LogP contribution in [0, 0.1) is 0 Å². The molecule has 1 aromatic heterocycles. The molecule has 0 fully saturated rings. The molecule has 2 rings (SSSR count). The highest BCUT2D eigenvalue weighted by atomic mass is 15.3. The van der Waals surface area contributed by atoms with Gasteiger partial charge in [0.1, 0.15) is 0 Å². The van der Waals surface area contributed by atoms with Crippen LogP contribution in [0.2, 0.25) is 0 Å². The number of nitrogens with one attached hydrogen (secondary N) is 1. The number of rotatable bonds is 7. The van der Waals surface area contributed by atoms with Crippen molar-refractivity contribution in [3.05, 3.63) is 54.4 Å². The van der Waals surface area contributed by atoms with E-state index in [2.05, 4.69) is 90.3 Å². The lowest BCUT2D eigenvalue weighted by atomic mass is 10.3. The third kappa shape index (κ3) is 5.05. The van der Waals surface area contributed by atoms with Crippen LogP contribution in [-0.2, 0) is 13.6 Å². The minimum Gasteiger partial charge on any atom is -0.373 e. The average Bonchev–Trinajstić information content (AvgIpc) is 2.99. The largest absolute Gasteiger partial charge is 0.373 e. The Hall–Kier alpha value is -2.43. The number of anilines is 1. The fraction of sp³-hybridized carbons (Fsp3) is 0.421. The molecule has 130 valence electrons. The van der Waals surface area contributed by atoms with E-state index in [4.69, 9.17) is 4.99 Å². The normalized spacial score (nSPS) is 11.4. The van der Waals surface area contributed by atoms with Gasteiger partial charge in [-0.25, -0.2) is 0 Å². The fourth-order valence-electron chi connectivity index (χ4n) is 2.57. The van der Waals surface area contributed by atoms with Crippen molar-refractivity contribution in [2.75, 3.05) is 38.6 Å². The van der Waals surface area contributed by atoms with Crippen LogP contribution in [0.4, 0.5) is 5.69 Å². The zero-order valence-corrected chi connectivity index (χ0v) is 15.2. The fourth-order valence-corrected chi connectivity index (χ4v) is 2.57. The van der Waals surface area contributed by atoms with E-state index in [1.807, 2.05) is 6.07 Å². The molecule has 0 amide bonds. The summed E-state index contributed by atoms with van der Waals surface area (Å²) in [5.74, 6) is 0.945. The van der Waals surface area contributed by atoms with Gasteiger partial charge in [0.25, 0.3) is 0 Å². The first-order valence-electron chi connectivity index (χ1n) is 8.47. The van der Waals surface area contributed by atoms with Gasteiger partial charge in [-0.1, -0.05) is 18.2 Å². The van der Waals surface area contributed by atoms with E-state index >= 15 is 0 Å².